The number of urea groups is 1. The molecule has 0 spiro atoms. The van der Waals surface area contributed by atoms with E-state index in [-0.39, 0.29) is 30.2 Å². The average Bonchev–Trinajstić information content (AvgIpc) is 3.41. The topological polar surface area (TPSA) is 70.5 Å². The molecule has 2 aliphatic heterocycles. The lowest BCUT2D eigenvalue weighted by Gasteiger charge is -2.39. The molecule has 33 heavy (non-hydrogen) atoms. The Morgan fingerprint density at radius 1 is 1.00 bits per heavy atom. The summed E-state index contributed by atoms with van der Waals surface area (Å²) in [7, 11) is 0. The summed E-state index contributed by atoms with van der Waals surface area (Å²) in [5.74, 6) is -4.24. The quantitative estimate of drug-likeness (QED) is 0.657. The number of benzene rings is 1. The van der Waals surface area contributed by atoms with Crippen molar-refractivity contribution in [2.45, 2.75) is 70.0 Å². The molecule has 2 atom stereocenters. The second-order valence-electron chi connectivity index (χ2n) is 9.01. The number of amides is 3. The lowest BCUT2D eigenvalue weighted by atomic mass is 10.0. The van der Waals surface area contributed by atoms with Crippen molar-refractivity contribution >= 4 is 23.3 Å². The highest BCUT2D eigenvalue weighted by Gasteiger charge is 2.43. The van der Waals surface area contributed by atoms with Crippen molar-refractivity contribution in [1.29, 1.82) is 0 Å². The number of hydrogen-bond acceptors (Lipinski definition) is 3. The zero-order valence-electron chi connectivity index (χ0n) is 18.2. The SMILES string of the molecule is O=C1CCCCCCN1c1cnn2c1CN(C(=O)Nc1cc(F)c(F)c(F)c1)[C@H]1CCC[C@H]12. The third-order valence-corrected chi connectivity index (χ3v) is 6.97. The molecule has 3 amide bonds. The van der Waals surface area contributed by atoms with Crippen molar-refractivity contribution in [3.63, 3.8) is 0 Å². The number of carbonyl (C=O) groups is 2. The van der Waals surface area contributed by atoms with E-state index in [0.29, 0.717) is 13.0 Å². The lowest BCUT2D eigenvalue weighted by molar-refractivity contribution is -0.118. The van der Waals surface area contributed by atoms with E-state index in [1.54, 1.807) is 16.0 Å². The van der Waals surface area contributed by atoms with Crippen LogP contribution in [-0.4, -0.2) is 39.2 Å². The largest absolute Gasteiger partial charge is 0.322 e. The lowest BCUT2D eigenvalue weighted by Crippen LogP contribution is -2.49. The third kappa shape index (κ3) is 3.95. The van der Waals surface area contributed by atoms with Crippen LogP contribution in [0.2, 0.25) is 0 Å². The van der Waals surface area contributed by atoms with Gasteiger partial charge in [0.05, 0.1) is 36.2 Å². The van der Waals surface area contributed by atoms with Crippen molar-refractivity contribution in [2.24, 2.45) is 0 Å². The fourth-order valence-electron chi connectivity index (χ4n) is 5.35. The first-order valence-corrected chi connectivity index (χ1v) is 11.5. The van der Waals surface area contributed by atoms with Crippen molar-refractivity contribution in [3.8, 4) is 0 Å². The summed E-state index contributed by atoms with van der Waals surface area (Å²) in [6.45, 7) is 0.838. The number of anilines is 2. The van der Waals surface area contributed by atoms with E-state index >= 15 is 0 Å². The number of halogens is 3. The number of nitrogens with one attached hydrogen (secondary N) is 1. The first kappa shape index (κ1) is 21.8. The molecule has 1 aromatic carbocycles. The minimum atomic E-state index is -1.58. The Kier molecular flexibility index (Phi) is 5.76. The van der Waals surface area contributed by atoms with Crippen LogP contribution in [-0.2, 0) is 11.3 Å². The van der Waals surface area contributed by atoms with Crippen molar-refractivity contribution < 1.29 is 22.8 Å². The molecule has 0 unspecified atom stereocenters. The molecule has 1 saturated carbocycles. The minimum Gasteiger partial charge on any atom is -0.313 e. The van der Waals surface area contributed by atoms with Crippen LogP contribution in [0.3, 0.4) is 0 Å². The Morgan fingerprint density at radius 2 is 1.73 bits per heavy atom. The summed E-state index contributed by atoms with van der Waals surface area (Å²) in [5.41, 5.74) is 1.37. The maximum absolute atomic E-state index is 13.6. The van der Waals surface area contributed by atoms with Crippen molar-refractivity contribution in [2.75, 3.05) is 16.8 Å². The molecule has 1 aliphatic carbocycles. The molecule has 2 aromatic rings. The van der Waals surface area contributed by atoms with E-state index in [9.17, 15) is 22.8 Å². The normalized spacial score (nSPS) is 23.1. The fraction of sp³-hybridized carbons (Fsp3) is 0.522. The molecule has 10 heteroatoms. The minimum absolute atomic E-state index is 0.0280. The Labute approximate surface area is 189 Å². The molecule has 0 bridgehead atoms. The number of aromatic nitrogens is 2. The highest BCUT2D eigenvalue weighted by atomic mass is 19.2. The molecule has 2 fully saturated rings. The molecule has 3 aliphatic rings. The van der Waals surface area contributed by atoms with E-state index in [2.05, 4.69) is 10.4 Å². The first-order chi connectivity index (χ1) is 15.9. The second-order valence-corrected chi connectivity index (χ2v) is 9.01. The molecular formula is C23H26F3N5O2. The number of hydrogen-bond donors (Lipinski definition) is 1. The molecule has 3 heterocycles. The molecule has 176 valence electrons. The van der Waals surface area contributed by atoms with Gasteiger partial charge in [0.15, 0.2) is 17.5 Å². The fourth-order valence-corrected chi connectivity index (χ4v) is 5.35. The van der Waals surface area contributed by atoms with Gasteiger partial charge in [-0.3, -0.25) is 9.48 Å². The Bertz CT molecular complexity index is 1070. The molecule has 1 N–H and O–H groups in total. The van der Waals surface area contributed by atoms with Crippen LogP contribution in [0.25, 0.3) is 0 Å². The number of carbonyl (C=O) groups excluding carboxylic acids is 2. The maximum atomic E-state index is 13.6. The van der Waals surface area contributed by atoms with E-state index in [0.717, 1.165) is 68.5 Å². The van der Waals surface area contributed by atoms with E-state index in [1.165, 1.54) is 0 Å². The van der Waals surface area contributed by atoms with E-state index in [1.807, 2.05) is 4.68 Å². The highest BCUT2D eigenvalue weighted by molar-refractivity contribution is 5.94. The Hall–Kier alpha value is -3.04. The summed E-state index contributed by atoms with van der Waals surface area (Å²) in [4.78, 5) is 29.4. The third-order valence-electron chi connectivity index (χ3n) is 6.97. The highest BCUT2D eigenvalue weighted by Crippen LogP contribution is 2.42. The molecular weight excluding hydrogens is 435 g/mol. The zero-order valence-corrected chi connectivity index (χ0v) is 18.2. The Morgan fingerprint density at radius 3 is 2.52 bits per heavy atom. The first-order valence-electron chi connectivity index (χ1n) is 11.5. The van der Waals surface area contributed by atoms with Gasteiger partial charge >= 0.3 is 6.03 Å². The average molecular weight is 461 g/mol. The zero-order chi connectivity index (χ0) is 23.1. The number of fused-ring (bicyclic) bond motifs is 3. The standard InChI is InChI=1S/C23H26F3N5O2/c24-15-10-14(11-16(25)22(15)26)28-23(33)30-13-20-19(29-9-4-2-1-3-8-21(29)32)12-27-31(20)18-7-5-6-17(18)30/h10-12,17-18H,1-9,13H2,(H,28,33)/t17-,18+/m0/s1. The summed E-state index contributed by atoms with van der Waals surface area (Å²) < 4.78 is 42.5. The van der Waals surface area contributed by atoms with Gasteiger partial charge in [0.1, 0.15) is 0 Å². The van der Waals surface area contributed by atoms with Crippen molar-refractivity contribution in [1.82, 2.24) is 14.7 Å². The summed E-state index contributed by atoms with van der Waals surface area (Å²) >= 11 is 0. The number of rotatable bonds is 2. The van der Waals surface area contributed by atoms with Crippen LogP contribution in [0.5, 0.6) is 0 Å². The van der Waals surface area contributed by atoms with Gasteiger partial charge < -0.3 is 15.1 Å². The van der Waals surface area contributed by atoms with Crippen LogP contribution in [0.15, 0.2) is 18.3 Å². The van der Waals surface area contributed by atoms with Crippen LogP contribution in [0.4, 0.5) is 29.3 Å². The maximum Gasteiger partial charge on any atom is 0.322 e. The van der Waals surface area contributed by atoms with Gasteiger partial charge in [-0.1, -0.05) is 12.8 Å². The molecule has 1 saturated heterocycles. The number of nitrogens with zero attached hydrogens (tertiary/aromatic N) is 4. The molecule has 0 radical (unpaired) electrons. The Balaban J connectivity index is 1.44. The van der Waals surface area contributed by atoms with Gasteiger partial charge in [0.25, 0.3) is 0 Å². The summed E-state index contributed by atoms with van der Waals surface area (Å²) in [6.07, 6.45) is 8.63. The van der Waals surface area contributed by atoms with Crippen LogP contribution >= 0.6 is 0 Å². The van der Waals surface area contributed by atoms with Gasteiger partial charge in [0, 0.05) is 30.8 Å². The summed E-state index contributed by atoms with van der Waals surface area (Å²) in [5, 5.41) is 7.11. The van der Waals surface area contributed by atoms with Crippen LogP contribution in [0.1, 0.15) is 63.1 Å². The predicted octanol–water partition coefficient (Wildman–Crippen LogP) is 4.74. The van der Waals surface area contributed by atoms with Gasteiger partial charge in [-0.05, 0) is 32.1 Å². The van der Waals surface area contributed by atoms with Gasteiger partial charge in [0.2, 0.25) is 5.91 Å². The smallest absolute Gasteiger partial charge is 0.313 e. The molecule has 7 nitrogen and oxygen atoms in total. The summed E-state index contributed by atoms with van der Waals surface area (Å²) in [6, 6.07) is 0.861. The van der Waals surface area contributed by atoms with Crippen LogP contribution in [0, 0.1) is 17.5 Å². The van der Waals surface area contributed by atoms with E-state index in [4.69, 9.17) is 0 Å². The predicted molar refractivity (Wildman–Crippen MR) is 115 cm³/mol. The van der Waals surface area contributed by atoms with Crippen molar-refractivity contribution in [3.05, 3.63) is 41.5 Å². The second kappa shape index (κ2) is 8.72. The van der Waals surface area contributed by atoms with Crippen LogP contribution < -0.4 is 10.2 Å². The molecule has 1 aromatic heterocycles. The van der Waals surface area contributed by atoms with Gasteiger partial charge in [-0.2, -0.15) is 5.10 Å². The monoisotopic (exact) mass is 461 g/mol. The van der Waals surface area contributed by atoms with E-state index < -0.39 is 23.5 Å². The van der Waals surface area contributed by atoms with Gasteiger partial charge in [-0.25, -0.2) is 18.0 Å². The van der Waals surface area contributed by atoms with Gasteiger partial charge in [-0.15, -0.1) is 0 Å². The molecule has 5 rings (SSSR count).